The Morgan fingerprint density at radius 1 is 1.29 bits per heavy atom. The van der Waals surface area contributed by atoms with Gasteiger partial charge in [0.25, 0.3) is 5.91 Å². The van der Waals surface area contributed by atoms with Crippen LogP contribution in [-0.2, 0) is 17.5 Å². The Morgan fingerprint density at radius 2 is 2.09 bits per heavy atom. The van der Waals surface area contributed by atoms with Gasteiger partial charge in [-0.1, -0.05) is 6.07 Å². The van der Waals surface area contributed by atoms with Gasteiger partial charge in [-0.25, -0.2) is 14.4 Å². The average molecular weight is 490 g/mol. The van der Waals surface area contributed by atoms with Crippen LogP contribution in [0.4, 0.5) is 23.4 Å². The molecule has 0 radical (unpaired) electrons. The Morgan fingerprint density at radius 3 is 2.83 bits per heavy atom. The van der Waals surface area contributed by atoms with E-state index in [0.29, 0.717) is 25.1 Å². The molecule has 0 saturated carbocycles. The van der Waals surface area contributed by atoms with Crippen molar-refractivity contribution in [1.82, 2.24) is 30.4 Å². The van der Waals surface area contributed by atoms with E-state index in [9.17, 15) is 27.2 Å². The summed E-state index contributed by atoms with van der Waals surface area (Å²) in [5.41, 5.74) is -1.14. The van der Waals surface area contributed by atoms with Crippen LogP contribution in [0.15, 0.2) is 24.5 Å². The molecule has 1 aliphatic rings. The summed E-state index contributed by atoms with van der Waals surface area (Å²) in [4.78, 5) is 34.5. The smallest absolute Gasteiger partial charge is 0.358 e. The molecule has 1 atom stereocenters. The molecule has 10 nitrogen and oxygen atoms in total. The molecule has 35 heavy (non-hydrogen) atoms. The van der Waals surface area contributed by atoms with Crippen molar-refractivity contribution in [2.75, 3.05) is 18.4 Å². The molecule has 0 bridgehead atoms. The lowest BCUT2D eigenvalue weighted by Crippen LogP contribution is -2.38. The number of aromatic amines is 1. The summed E-state index contributed by atoms with van der Waals surface area (Å²) in [6.07, 6.45) is -2.40. The molecular formula is C21H18F4N8O2. The fraction of sp³-hybridized carbons (Fsp3) is 0.333. The summed E-state index contributed by atoms with van der Waals surface area (Å²) in [6, 6.07) is 4.06. The Labute approximate surface area is 195 Å². The predicted octanol–water partition coefficient (Wildman–Crippen LogP) is 2.37. The van der Waals surface area contributed by atoms with Crippen LogP contribution in [0.5, 0.6) is 0 Å². The monoisotopic (exact) mass is 490 g/mol. The highest BCUT2D eigenvalue weighted by Crippen LogP contribution is 2.32. The topological polar surface area (TPSA) is 140 Å². The molecule has 14 heteroatoms. The molecule has 4 rings (SSSR count). The summed E-state index contributed by atoms with van der Waals surface area (Å²) in [7, 11) is 0. The highest BCUT2D eigenvalue weighted by Gasteiger charge is 2.34. The highest BCUT2D eigenvalue weighted by molar-refractivity contribution is 6.05. The van der Waals surface area contributed by atoms with Crippen molar-refractivity contribution >= 4 is 28.7 Å². The minimum atomic E-state index is -4.87. The number of halogens is 4. The summed E-state index contributed by atoms with van der Waals surface area (Å²) in [5, 5.41) is 21.0. The zero-order valence-corrected chi connectivity index (χ0v) is 18.0. The fourth-order valence-corrected chi connectivity index (χ4v) is 3.76. The Kier molecular flexibility index (Phi) is 6.50. The molecule has 1 aromatic carbocycles. The van der Waals surface area contributed by atoms with Crippen molar-refractivity contribution in [3.05, 3.63) is 47.2 Å². The summed E-state index contributed by atoms with van der Waals surface area (Å²) >= 11 is 0. The van der Waals surface area contributed by atoms with Crippen LogP contribution in [0.2, 0.25) is 0 Å². The minimum absolute atomic E-state index is 0.0421. The second-order valence-electron chi connectivity index (χ2n) is 7.74. The number of likely N-dealkylation sites (tertiary alicyclic amines) is 1. The zero-order valence-electron chi connectivity index (χ0n) is 18.0. The van der Waals surface area contributed by atoms with Gasteiger partial charge in [-0.3, -0.25) is 14.7 Å². The van der Waals surface area contributed by atoms with E-state index in [0.717, 1.165) is 18.8 Å². The van der Waals surface area contributed by atoms with E-state index >= 15 is 0 Å². The maximum atomic E-state index is 13.5. The van der Waals surface area contributed by atoms with Crippen LogP contribution in [-0.4, -0.2) is 56.0 Å². The van der Waals surface area contributed by atoms with Crippen LogP contribution in [0.25, 0.3) is 11.0 Å². The van der Waals surface area contributed by atoms with Crippen LogP contribution < -0.4 is 10.6 Å². The third-order valence-electron chi connectivity index (χ3n) is 5.48. The molecule has 3 heterocycles. The lowest BCUT2D eigenvalue weighted by atomic mass is 10.1. The number of nitrogens with one attached hydrogen (secondary N) is 3. The first-order valence-corrected chi connectivity index (χ1v) is 10.4. The maximum Gasteiger partial charge on any atom is 0.419 e. The van der Waals surface area contributed by atoms with Gasteiger partial charge in [0, 0.05) is 13.1 Å². The first-order chi connectivity index (χ1) is 16.7. The number of alkyl halides is 3. The standard InChI is InChI=1S/C21H18F4N8O2/c22-14-4-3-11(6-13(14)21(23,24)25)8-28-20(35)18-16-17(29-10-30-18)19(32-31-16)27-9-15(34)33-5-1-2-12(33)7-26/h3-4,6,10,12H,1-2,5,8-9H2,(H,28,35)(H2,27,31,32). The number of anilines is 1. The van der Waals surface area contributed by atoms with Gasteiger partial charge in [-0.05, 0) is 30.5 Å². The van der Waals surface area contributed by atoms with E-state index in [4.69, 9.17) is 5.26 Å². The van der Waals surface area contributed by atoms with E-state index < -0.39 is 29.5 Å². The number of H-pyrrole nitrogens is 1. The number of nitrogens with zero attached hydrogens (tertiary/aromatic N) is 5. The highest BCUT2D eigenvalue weighted by atomic mass is 19.4. The van der Waals surface area contributed by atoms with E-state index in [1.165, 1.54) is 4.90 Å². The number of amides is 2. The average Bonchev–Trinajstić information content (AvgIpc) is 3.48. The number of nitriles is 1. The molecule has 0 aliphatic carbocycles. The molecule has 182 valence electrons. The number of hydrogen-bond acceptors (Lipinski definition) is 7. The lowest BCUT2D eigenvalue weighted by molar-refractivity contribution is -0.140. The summed E-state index contributed by atoms with van der Waals surface area (Å²) in [6.45, 7) is 0.0398. The fourth-order valence-electron chi connectivity index (χ4n) is 3.76. The summed E-state index contributed by atoms with van der Waals surface area (Å²) in [5.74, 6) is -2.23. The van der Waals surface area contributed by atoms with E-state index in [-0.39, 0.29) is 47.1 Å². The van der Waals surface area contributed by atoms with E-state index in [1.807, 2.05) is 0 Å². The number of aromatic nitrogens is 4. The largest absolute Gasteiger partial charge is 0.419 e. The number of carbonyl (C=O) groups is 2. The molecule has 0 spiro atoms. The van der Waals surface area contributed by atoms with Gasteiger partial charge in [-0.15, -0.1) is 0 Å². The number of fused-ring (bicyclic) bond motifs is 1. The first-order valence-electron chi connectivity index (χ1n) is 10.4. The van der Waals surface area contributed by atoms with Gasteiger partial charge in [0.05, 0.1) is 18.2 Å². The molecule has 3 aromatic rings. The third kappa shape index (κ3) is 4.98. The van der Waals surface area contributed by atoms with Gasteiger partial charge in [0.15, 0.2) is 11.5 Å². The molecule has 1 saturated heterocycles. The summed E-state index contributed by atoms with van der Waals surface area (Å²) < 4.78 is 52.2. The van der Waals surface area contributed by atoms with Crippen molar-refractivity contribution in [3.63, 3.8) is 0 Å². The number of rotatable bonds is 6. The second-order valence-corrected chi connectivity index (χ2v) is 7.74. The van der Waals surface area contributed by atoms with Crippen LogP contribution in [0, 0.1) is 17.1 Å². The molecule has 1 aliphatic heterocycles. The Hall–Kier alpha value is -4.28. The van der Waals surface area contributed by atoms with Crippen molar-refractivity contribution in [2.24, 2.45) is 0 Å². The number of hydrogen-bond donors (Lipinski definition) is 3. The van der Waals surface area contributed by atoms with Crippen molar-refractivity contribution < 1.29 is 27.2 Å². The van der Waals surface area contributed by atoms with E-state index in [2.05, 4.69) is 36.9 Å². The molecule has 3 N–H and O–H groups in total. The van der Waals surface area contributed by atoms with Crippen LogP contribution in [0.3, 0.4) is 0 Å². The van der Waals surface area contributed by atoms with Gasteiger partial charge >= 0.3 is 6.18 Å². The van der Waals surface area contributed by atoms with Crippen molar-refractivity contribution in [3.8, 4) is 6.07 Å². The first kappa shape index (κ1) is 23.9. The quantitative estimate of drug-likeness (QED) is 0.451. The lowest BCUT2D eigenvalue weighted by Gasteiger charge is -2.19. The number of benzene rings is 1. The Bertz CT molecular complexity index is 1320. The molecule has 2 aromatic heterocycles. The normalized spacial score (nSPS) is 15.7. The molecule has 2 amide bonds. The van der Waals surface area contributed by atoms with Crippen molar-refractivity contribution in [2.45, 2.75) is 31.6 Å². The van der Waals surface area contributed by atoms with Crippen molar-refractivity contribution in [1.29, 1.82) is 5.26 Å². The minimum Gasteiger partial charge on any atom is -0.358 e. The Balaban J connectivity index is 1.45. The van der Waals surface area contributed by atoms with Gasteiger partial charge in [-0.2, -0.15) is 23.5 Å². The third-order valence-corrected chi connectivity index (χ3v) is 5.48. The van der Waals surface area contributed by atoms with Crippen LogP contribution >= 0.6 is 0 Å². The van der Waals surface area contributed by atoms with Crippen LogP contribution in [0.1, 0.15) is 34.5 Å². The number of carbonyl (C=O) groups excluding carboxylic acids is 2. The SMILES string of the molecule is N#CC1CCCN1C(=O)CNc1n[nH]c2c(C(=O)NCc3ccc(F)c(C(F)(F)F)c3)ncnc12. The zero-order chi connectivity index (χ0) is 25.2. The molecule has 1 fully saturated rings. The van der Waals surface area contributed by atoms with Gasteiger partial charge < -0.3 is 15.5 Å². The molecule has 1 unspecified atom stereocenters. The molecular weight excluding hydrogens is 472 g/mol. The van der Waals surface area contributed by atoms with E-state index in [1.54, 1.807) is 0 Å². The second kappa shape index (κ2) is 9.53. The predicted molar refractivity (Wildman–Crippen MR) is 113 cm³/mol. The maximum absolute atomic E-state index is 13.5. The van der Waals surface area contributed by atoms with Gasteiger partial charge in [0.1, 0.15) is 29.2 Å². The van der Waals surface area contributed by atoms with Gasteiger partial charge in [0.2, 0.25) is 5.91 Å².